The maximum atomic E-state index is 11.7. The summed E-state index contributed by atoms with van der Waals surface area (Å²) in [5.74, 6) is -1.51. The van der Waals surface area contributed by atoms with E-state index in [1.807, 2.05) is 0 Å². The second kappa shape index (κ2) is 7.03. The van der Waals surface area contributed by atoms with E-state index in [1.54, 1.807) is 0 Å². The van der Waals surface area contributed by atoms with E-state index in [0.29, 0.717) is 0 Å². The van der Waals surface area contributed by atoms with Crippen molar-refractivity contribution in [3.05, 3.63) is 64.2 Å². The molecular weight excluding hydrogens is 304 g/mol. The van der Waals surface area contributed by atoms with Crippen LogP contribution in [0.3, 0.4) is 0 Å². The maximum Gasteiger partial charge on any atom is 0.338 e. The zero-order valence-corrected chi connectivity index (χ0v) is 11.8. The van der Waals surface area contributed by atoms with Crippen LogP contribution in [0.25, 0.3) is 0 Å². The summed E-state index contributed by atoms with van der Waals surface area (Å²) in [5, 5.41) is 22.3. The van der Waals surface area contributed by atoms with Crippen LogP contribution in [0.1, 0.15) is 10.4 Å². The van der Waals surface area contributed by atoms with Crippen LogP contribution in [0, 0.1) is 10.1 Å². The van der Waals surface area contributed by atoms with E-state index in [9.17, 15) is 24.8 Å². The van der Waals surface area contributed by atoms with Gasteiger partial charge in [-0.25, -0.2) is 4.79 Å². The van der Waals surface area contributed by atoms with Gasteiger partial charge in [-0.05, 0) is 24.3 Å². The van der Waals surface area contributed by atoms with Gasteiger partial charge in [-0.2, -0.15) is 0 Å². The molecule has 0 unspecified atom stereocenters. The van der Waals surface area contributed by atoms with Gasteiger partial charge in [0.15, 0.2) is 6.61 Å². The van der Waals surface area contributed by atoms with Crippen LogP contribution in [0.5, 0.6) is 5.75 Å². The number of nitro benzene ring substituents is 1. The van der Waals surface area contributed by atoms with Crippen LogP contribution in [-0.4, -0.2) is 28.5 Å². The van der Waals surface area contributed by atoms with Gasteiger partial charge in [-0.1, -0.05) is 12.1 Å². The molecule has 0 saturated carbocycles. The Bertz CT molecular complexity index is 759. The molecule has 2 N–H and O–H groups in total. The number of esters is 1. The highest BCUT2D eigenvalue weighted by Crippen LogP contribution is 2.17. The van der Waals surface area contributed by atoms with Crippen LogP contribution in [0.4, 0.5) is 11.4 Å². The van der Waals surface area contributed by atoms with Crippen molar-refractivity contribution in [2.24, 2.45) is 0 Å². The number of phenolic OH excluding ortho intramolecular Hbond substituents is 1. The zero-order valence-electron chi connectivity index (χ0n) is 11.8. The standard InChI is InChI=1S/C15H12N2O6/c18-13-6-1-3-10(7-13)15(20)23-9-14(19)16-11-4-2-5-12(8-11)17(21)22/h1-8,18H,9H2,(H,16,19). The number of carbonyl (C=O) groups excluding carboxylic acids is 2. The summed E-state index contributed by atoms with van der Waals surface area (Å²) in [6, 6.07) is 10.9. The lowest BCUT2D eigenvalue weighted by molar-refractivity contribution is -0.384. The van der Waals surface area contributed by atoms with Gasteiger partial charge >= 0.3 is 5.97 Å². The van der Waals surface area contributed by atoms with Gasteiger partial charge in [0.2, 0.25) is 0 Å². The third-order valence-corrected chi connectivity index (χ3v) is 2.76. The number of nitrogens with one attached hydrogen (secondary N) is 1. The van der Waals surface area contributed by atoms with Crippen molar-refractivity contribution in [1.29, 1.82) is 0 Å². The lowest BCUT2D eigenvalue weighted by atomic mass is 10.2. The van der Waals surface area contributed by atoms with E-state index < -0.39 is 23.4 Å². The predicted molar refractivity (Wildman–Crippen MR) is 80.1 cm³/mol. The van der Waals surface area contributed by atoms with Gasteiger partial charge in [0, 0.05) is 17.8 Å². The van der Waals surface area contributed by atoms with Gasteiger partial charge < -0.3 is 15.2 Å². The number of carbonyl (C=O) groups is 2. The number of non-ortho nitro benzene ring substituents is 1. The fourth-order valence-electron chi connectivity index (χ4n) is 1.74. The lowest BCUT2D eigenvalue weighted by Crippen LogP contribution is -2.20. The third-order valence-electron chi connectivity index (χ3n) is 2.76. The van der Waals surface area contributed by atoms with Crippen LogP contribution in [0.15, 0.2) is 48.5 Å². The monoisotopic (exact) mass is 316 g/mol. The summed E-state index contributed by atoms with van der Waals surface area (Å²) in [6.07, 6.45) is 0. The molecule has 2 aromatic carbocycles. The highest BCUT2D eigenvalue weighted by molar-refractivity contribution is 5.95. The van der Waals surface area contributed by atoms with Crippen LogP contribution in [0.2, 0.25) is 0 Å². The number of phenols is 1. The summed E-state index contributed by atoms with van der Waals surface area (Å²) in [7, 11) is 0. The molecule has 2 rings (SSSR count). The number of aromatic hydroxyl groups is 1. The van der Waals surface area contributed by atoms with Gasteiger partial charge in [-0.15, -0.1) is 0 Å². The molecule has 23 heavy (non-hydrogen) atoms. The van der Waals surface area contributed by atoms with Crippen LogP contribution in [-0.2, 0) is 9.53 Å². The lowest BCUT2D eigenvalue weighted by Gasteiger charge is -2.06. The molecule has 0 fully saturated rings. The van der Waals surface area contributed by atoms with Crippen molar-refractivity contribution >= 4 is 23.3 Å². The molecule has 0 aliphatic carbocycles. The average Bonchev–Trinajstić information content (AvgIpc) is 2.53. The number of nitro groups is 1. The third kappa shape index (κ3) is 4.53. The second-order valence-electron chi connectivity index (χ2n) is 4.48. The summed E-state index contributed by atoms with van der Waals surface area (Å²) >= 11 is 0. The van der Waals surface area contributed by atoms with E-state index in [-0.39, 0.29) is 22.7 Å². The Morgan fingerprint density at radius 3 is 2.61 bits per heavy atom. The molecule has 0 heterocycles. The van der Waals surface area contributed by atoms with Crippen LogP contribution < -0.4 is 5.32 Å². The Morgan fingerprint density at radius 1 is 1.17 bits per heavy atom. The Kier molecular flexibility index (Phi) is 4.88. The van der Waals surface area contributed by atoms with Crippen molar-refractivity contribution in [1.82, 2.24) is 0 Å². The van der Waals surface area contributed by atoms with Crippen molar-refractivity contribution in [3.63, 3.8) is 0 Å². The topological polar surface area (TPSA) is 119 Å². The fraction of sp³-hybridized carbons (Fsp3) is 0.0667. The molecule has 2 aromatic rings. The molecule has 8 nitrogen and oxygen atoms in total. The number of amides is 1. The molecule has 0 saturated heterocycles. The first-order chi connectivity index (χ1) is 11.0. The van der Waals surface area contributed by atoms with Crippen molar-refractivity contribution in [3.8, 4) is 5.75 Å². The highest BCUT2D eigenvalue weighted by atomic mass is 16.6. The SMILES string of the molecule is O=C(COC(=O)c1cccc(O)c1)Nc1cccc([N+](=O)[O-])c1. The molecule has 0 spiro atoms. The maximum absolute atomic E-state index is 11.7. The summed E-state index contributed by atoms with van der Waals surface area (Å²) in [6.45, 7) is -0.558. The number of benzene rings is 2. The van der Waals surface area contributed by atoms with Gasteiger partial charge in [0.1, 0.15) is 5.75 Å². The molecule has 0 aliphatic heterocycles. The summed E-state index contributed by atoms with van der Waals surface area (Å²) in [5.41, 5.74) is 0.158. The van der Waals surface area contributed by atoms with Crippen molar-refractivity contribution in [2.45, 2.75) is 0 Å². The molecule has 0 radical (unpaired) electrons. The number of ether oxygens (including phenoxy) is 1. The van der Waals surface area contributed by atoms with Gasteiger partial charge in [0.05, 0.1) is 10.5 Å². The minimum atomic E-state index is -0.768. The number of hydrogen-bond donors (Lipinski definition) is 2. The highest BCUT2D eigenvalue weighted by Gasteiger charge is 2.12. The molecule has 0 bridgehead atoms. The minimum absolute atomic E-state index is 0.0968. The molecule has 0 atom stereocenters. The molecular formula is C15H12N2O6. The zero-order chi connectivity index (χ0) is 16.8. The predicted octanol–water partition coefficient (Wildman–Crippen LogP) is 2.10. The van der Waals surface area contributed by atoms with E-state index >= 15 is 0 Å². The number of nitrogens with zero attached hydrogens (tertiary/aromatic N) is 1. The number of rotatable bonds is 5. The first-order valence-corrected chi connectivity index (χ1v) is 6.46. The van der Waals surface area contributed by atoms with E-state index in [4.69, 9.17) is 4.74 Å². The Labute approximate surface area is 130 Å². The molecule has 0 aliphatic rings. The molecule has 0 aromatic heterocycles. The van der Waals surface area contributed by atoms with Gasteiger partial charge in [-0.3, -0.25) is 14.9 Å². The number of anilines is 1. The smallest absolute Gasteiger partial charge is 0.338 e. The van der Waals surface area contributed by atoms with Crippen molar-refractivity contribution < 1.29 is 24.4 Å². The van der Waals surface area contributed by atoms with E-state index in [0.717, 1.165) is 0 Å². The van der Waals surface area contributed by atoms with Gasteiger partial charge in [0.25, 0.3) is 11.6 Å². The molecule has 118 valence electrons. The Hall–Kier alpha value is -3.42. The van der Waals surface area contributed by atoms with E-state index in [2.05, 4.69) is 5.32 Å². The molecule has 8 heteroatoms. The van der Waals surface area contributed by atoms with E-state index in [1.165, 1.54) is 48.5 Å². The van der Waals surface area contributed by atoms with Crippen LogP contribution >= 0.6 is 0 Å². The van der Waals surface area contributed by atoms with Crippen molar-refractivity contribution in [2.75, 3.05) is 11.9 Å². The molecule has 1 amide bonds. The Balaban J connectivity index is 1.91. The quantitative estimate of drug-likeness (QED) is 0.495. The Morgan fingerprint density at radius 2 is 1.91 bits per heavy atom. The summed E-state index contributed by atoms with van der Waals surface area (Å²) < 4.78 is 4.80. The average molecular weight is 316 g/mol. The fourth-order valence-corrected chi connectivity index (χ4v) is 1.74. The largest absolute Gasteiger partial charge is 0.508 e. The normalized spacial score (nSPS) is 9.91. The first-order valence-electron chi connectivity index (χ1n) is 6.46. The minimum Gasteiger partial charge on any atom is -0.508 e. The second-order valence-corrected chi connectivity index (χ2v) is 4.48. The first kappa shape index (κ1) is 16.0. The number of hydrogen-bond acceptors (Lipinski definition) is 6. The summed E-state index contributed by atoms with van der Waals surface area (Å²) in [4.78, 5) is 33.4.